The van der Waals surface area contributed by atoms with Crippen LogP contribution in [-0.2, 0) is 14.8 Å². The number of sulfonamides is 1. The zero-order valence-corrected chi connectivity index (χ0v) is 10.5. The first-order valence-corrected chi connectivity index (χ1v) is 6.85. The summed E-state index contributed by atoms with van der Waals surface area (Å²) in [5.74, 6) is 0.255. The molecular weight excluding hydrogens is 216 g/mol. The molecule has 0 saturated heterocycles. The molecule has 1 atom stereocenters. The lowest BCUT2D eigenvalue weighted by Gasteiger charge is -2.16. The molecule has 92 valence electrons. The van der Waals surface area contributed by atoms with E-state index in [0.29, 0.717) is 6.61 Å². The lowest BCUT2D eigenvalue weighted by Crippen LogP contribution is -2.41. The largest absolute Gasteiger partial charge is 0.381 e. The summed E-state index contributed by atoms with van der Waals surface area (Å²) in [4.78, 5) is 0. The molecule has 5 nitrogen and oxygen atoms in total. The van der Waals surface area contributed by atoms with Gasteiger partial charge in [0.25, 0.3) is 0 Å². The van der Waals surface area contributed by atoms with Gasteiger partial charge in [0.05, 0.1) is 12.4 Å². The fourth-order valence-electron chi connectivity index (χ4n) is 0.844. The Morgan fingerprint density at radius 3 is 2.47 bits per heavy atom. The van der Waals surface area contributed by atoms with Gasteiger partial charge in [-0.3, -0.25) is 0 Å². The van der Waals surface area contributed by atoms with E-state index in [1.807, 2.05) is 20.8 Å². The van der Waals surface area contributed by atoms with Crippen molar-refractivity contribution >= 4 is 10.0 Å². The molecule has 0 aliphatic rings. The van der Waals surface area contributed by atoms with Crippen LogP contribution in [0.3, 0.4) is 0 Å². The third-order valence-corrected chi connectivity index (χ3v) is 3.41. The van der Waals surface area contributed by atoms with Crippen LogP contribution in [0.1, 0.15) is 20.8 Å². The molecule has 0 heterocycles. The summed E-state index contributed by atoms with van der Waals surface area (Å²) in [5, 5.41) is 0. The minimum atomic E-state index is -3.24. The van der Waals surface area contributed by atoms with Gasteiger partial charge in [0.2, 0.25) is 10.0 Å². The lowest BCUT2D eigenvalue weighted by molar-refractivity contribution is 0.163. The van der Waals surface area contributed by atoms with Gasteiger partial charge in [-0.25, -0.2) is 13.1 Å². The summed E-state index contributed by atoms with van der Waals surface area (Å²) in [6.07, 6.45) is 0. The fraction of sp³-hybridized carbons (Fsp3) is 1.00. The van der Waals surface area contributed by atoms with Crippen LogP contribution in [0.2, 0.25) is 0 Å². The standard InChI is InChI=1S/C9H22N2O3S/c1-4-14-5-6-15(12,13)11-7-9(10)8(2)3/h8-9,11H,4-7,10H2,1-3H3. The molecule has 0 aromatic rings. The number of hydrogen-bond acceptors (Lipinski definition) is 4. The normalized spacial score (nSPS) is 14.5. The molecule has 0 aromatic heterocycles. The lowest BCUT2D eigenvalue weighted by atomic mass is 10.1. The highest BCUT2D eigenvalue weighted by atomic mass is 32.2. The van der Waals surface area contributed by atoms with Crippen LogP contribution >= 0.6 is 0 Å². The maximum Gasteiger partial charge on any atom is 0.213 e. The van der Waals surface area contributed by atoms with E-state index in [1.165, 1.54) is 0 Å². The first kappa shape index (κ1) is 14.8. The molecule has 3 N–H and O–H groups in total. The predicted octanol–water partition coefficient (Wildman–Crippen LogP) is -0.0744. The van der Waals surface area contributed by atoms with Gasteiger partial charge in [-0.15, -0.1) is 0 Å². The molecule has 0 amide bonds. The number of nitrogens with two attached hydrogens (primary N) is 1. The second kappa shape index (κ2) is 7.16. The zero-order chi connectivity index (χ0) is 11.9. The van der Waals surface area contributed by atoms with Gasteiger partial charge in [-0.1, -0.05) is 13.8 Å². The molecule has 15 heavy (non-hydrogen) atoms. The molecule has 0 bridgehead atoms. The number of rotatable bonds is 8. The zero-order valence-electron chi connectivity index (χ0n) is 9.69. The van der Waals surface area contributed by atoms with Crippen LogP contribution in [0.25, 0.3) is 0 Å². The molecule has 0 rings (SSSR count). The molecule has 0 aliphatic heterocycles. The van der Waals surface area contributed by atoms with E-state index in [2.05, 4.69) is 4.72 Å². The molecule has 6 heteroatoms. The Morgan fingerprint density at radius 2 is 2.00 bits per heavy atom. The number of nitrogens with one attached hydrogen (secondary N) is 1. The highest BCUT2D eigenvalue weighted by Crippen LogP contribution is 1.97. The van der Waals surface area contributed by atoms with Crippen molar-refractivity contribution in [2.45, 2.75) is 26.8 Å². The molecule has 0 saturated carbocycles. The van der Waals surface area contributed by atoms with Crippen LogP contribution in [0.15, 0.2) is 0 Å². The molecule has 0 fully saturated rings. The quantitative estimate of drug-likeness (QED) is 0.580. The van der Waals surface area contributed by atoms with Gasteiger partial charge < -0.3 is 10.5 Å². The predicted molar refractivity (Wildman–Crippen MR) is 61.1 cm³/mol. The van der Waals surface area contributed by atoms with E-state index in [1.54, 1.807) is 0 Å². The van der Waals surface area contributed by atoms with E-state index in [4.69, 9.17) is 10.5 Å². The van der Waals surface area contributed by atoms with E-state index in [9.17, 15) is 8.42 Å². The van der Waals surface area contributed by atoms with Crippen LogP contribution in [0, 0.1) is 5.92 Å². The summed E-state index contributed by atoms with van der Waals surface area (Å²) >= 11 is 0. The van der Waals surface area contributed by atoms with Crippen LogP contribution in [0.4, 0.5) is 0 Å². The monoisotopic (exact) mass is 238 g/mol. The summed E-state index contributed by atoms with van der Waals surface area (Å²) in [6.45, 7) is 6.78. The first-order chi connectivity index (χ1) is 6.89. The SMILES string of the molecule is CCOCCS(=O)(=O)NCC(N)C(C)C. The number of ether oxygens (including phenoxy) is 1. The Bertz CT molecular complexity index is 252. The second-order valence-corrected chi connectivity index (χ2v) is 5.70. The Kier molecular flexibility index (Phi) is 7.08. The smallest absolute Gasteiger partial charge is 0.213 e. The second-order valence-electron chi connectivity index (χ2n) is 3.77. The van der Waals surface area contributed by atoms with E-state index < -0.39 is 10.0 Å². The molecule has 0 aromatic carbocycles. The Hall–Kier alpha value is -0.170. The minimum absolute atomic E-state index is 0.00828. The fourth-order valence-corrected chi connectivity index (χ4v) is 1.77. The van der Waals surface area contributed by atoms with Crippen molar-refractivity contribution in [3.8, 4) is 0 Å². The van der Waals surface area contributed by atoms with Crippen molar-refractivity contribution in [3.05, 3.63) is 0 Å². The average Bonchev–Trinajstić information content (AvgIpc) is 2.14. The Balaban J connectivity index is 3.84. The van der Waals surface area contributed by atoms with Gasteiger partial charge in [0.15, 0.2) is 0 Å². The van der Waals surface area contributed by atoms with Crippen molar-refractivity contribution in [2.75, 3.05) is 25.5 Å². The van der Waals surface area contributed by atoms with Crippen molar-refractivity contribution in [1.29, 1.82) is 0 Å². The van der Waals surface area contributed by atoms with Gasteiger partial charge >= 0.3 is 0 Å². The third kappa shape index (κ3) is 7.72. The summed E-state index contributed by atoms with van der Waals surface area (Å²) < 4.78 is 30.2. The van der Waals surface area contributed by atoms with E-state index in [-0.39, 0.29) is 30.9 Å². The third-order valence-electron chi connectivity index (χ3n) is 2.10. The topological polar surface area (TPSA) is 81.4 Å². The highest BCUT2D eigenvalue weighted by Gasteiger charge is 2.13. The molecule has 0 spiro atoms. The molecule has 0 radical (unpaired) electrons. The van der Waals surface area contributed by atoms with E-state index >= 15 is 0 Å². The minimum Gasteiger partial charge on any atom is -0.381 e. The first-order valence-electron chi connectivity index (χ1n) is 5.19. The van der Waals surface area contributed by atoms with Gasteiger partial charge in [0.1, 0.15) is 0 Å². The van der Waals surface area contributed by atoms with Gasteiger partial charge in [-0.2, -0.15) is 0 Å². The van der Waals surface area contributed by atoms with Crippen molar-refractivity contribution in [2.24, 2.45) is 11.7 Å². The van der Waals surface area contributed by atoms with Crippen LogP contribution in [-0.4, -0.2) is 40.0 Å². The van der Waals surface area contributed by atoms with Crippen molar-refractivity contribution in [3.63, 3.8) is 0 Å². The molecule has 1 unspecified atom stereocenters. The average molecular weight is 238 g/mol. The maximum atomic E-state index is 11.4. The van der Waals surface area contributed by atoms with Gasteiger partial charge in [0, 0.05) is 19.2 Å². The van der Waals surface area contributed by atoms with E-state index in [0.717, 1.165) is 0 Å². The maximum absolute atomic E-state index is 11.4. The van der Waals surface area contributed by atoms with Crippen LogP contribution in [0.5, 0.6) is 0 Å². The van der Waals surface area contributed by atoms with Crippen LogP contribution < -0.4 is 10.5 Å². The van der Waals surface area contributed by atoms with Crippen molar-refractivity contribution < 1.29 is 13.2 Å². The Morgan fingerprint density at radius 1 is 1.40 bits per heavy atom. The molecular formula is C9H22N2O3S. The van der Waals surface area contributed by atoms with Crippen molar-refractivity contribution in [1.82, 2.24) is 4.72 Å². The highest BCUT2D eigenvalue weighted by molar-refractivity contribution is 7.89. The summed E-state index contributed by atoms with van der Waals surface area (Å²) in [6, 6.07) is -0.146. The molecule has 0 aliphatic carbocycles. The number of hydrogen-bond donors (Lipinski definition) is 2. The summed E-state index contributed by atoms with van der Waals surface area (Å²) in [5.41, 5.74) is 5.72. The van der Waals surface area contributed by atoms with Gasteiger partial charge in [-0.05, 0) is 12.8 Å². The summed E-state index contributed by atoms with van der Waals surface area (Å²) in [7, 11) is -3.24. The Labute approximate surface area is 92.4 Å².